The van der Waals surface area contributed by atoms with Crippen molar-refractivity contribution in [2.24, 2.45) is 0 Å². The molecule has 1 aromatic heterocycles. The number of rotatable bonds is 4. The van der Waals surface area contributed by atoms with Crippen LogP contribution in [0, 0.1) is 12.7 Å². The Labute approximate surface area is 101 Å². The molecule has 0 radical (unpaired) electrons. The lowest BCUT2D eigenvalue weighted by Gasteiger charge is -2.04. The van der Waals surface area contributed by atoms with Crippen LogP contribution in [0.25, 0.3) is 0 Å². The highest BCUT2D eigenvalue weighted by molar-refractivity contribution is 5.88. The summed E-state index contributed by atoms with van der Waals surface area (Å²) in [6.45, 7) is 1.93. The maximum atomic E-state index is 13.4. The Kier molecular flexibility index (Phi) is 3.22. The first kappa shape index (κ1) is 12.0. The van der Waals surface area contributed by atoms with Crippen LogP contribution in [0.5, 0.6) is 0 Å². The number of carboxylic acid groups (broad SMARTS) is 1. The zero-order valence-corrected chi connectivity index (χ0v) is 9.48. The molecular weight excluding hydrogens is 241 g/mol. The number of nitrogens with one attached hydrogen (secondary N) is 1. The van der Waals surface area contributed by atoms with E-state index in [0.717, 1.165) is 6.07 Å². The van der Waals surface area contributed by atoms with Crippen LogP contribution in [-0.4, -0.2) is 21.2 Å². The van der Waals surface area contributed by atoms with E-state index < -0.39 is 11.8 Å². The summed E-state index contributed by atoms with van der Waals surface area (Å²) < 4.78 is 18.1. The predicted molar refractivity (Wildman–Crippen MR) is 59.7 cm³/mol. The van der Waals surface area contributed by atoms with E-state index in [1.165, 1.54) is 12.1 Å². The van der Waals surface area contributed by atoms with Gasteiger partial charge in [0, 0.05) is 12.6 Å². The quantitative estimate of drug-likeness (QED) is 0.861. The molecule has 0 amide bonds. The molecule has 0 unspecified atom stereocenters. The summed E-state index contributed by atoms with van der Waals surface area (Å²) in [5.41, 5.74) is 0.0795. The van der Waals surface area contributed by atoms with Crippen molar-refractivity contribution in [3.8, 4) is 0 Å². The molecular formula is C11H10FN3O3. The number of halogens is 1. The molecule has 7 heteroatoms. The fourth-order valence-electron chi connectivity index (χ4n) is 1.39. The molecule has 0 fully saturated rings. The number of hydrogen-bond acceptors (Lipinski definition) is 5. The molecule has 2 N–H and O–H groups in total. The highest BCUT2D eigenvalue weighted by Gasteiger charge is 2.10. The molecule has 2 aromatic rings. The average Bonchev–Trinajstić information content (AvgIpc) is 2.72. The maximum Gasteiger partial charge on any atom is 0.338 e. The summed E-state index contributed by atoms with van der Waals surface area (Å²) in [6, 6.07) is 3.78. The number of carboxylic acids is 1. The monoisotopic (exact) mass is 251 g/mol. The molecule has 94 valence electrons. The van der Waals surface area contributed by atoms with Gasteiger partial charge < -0.3 is 14.9 Å². The zero-order chi connectivity index (χ0) is 13.1. The normalized spacial score (nSPS) is 10.3. The lowest BCUT2D eigenvalue weighted by Crippen LogP contribution is -2.04. The van der Waals surface area contributed by atoms with Crippen LogP contribution in [0.15, 0.2) is 22.7 Å². The topological polar surface area (TPSA) is 88.2 Å². The second kappa shape index (κ2) is 4.82. The number of anilines is 1. The first-order valence-corrected chi connectivity index (χ1v) is 5.12. The van der Waals surface area contributed by atoms with Gasteiger partial charge in [0.05, 0.1) is 12.1 Å². The Bertz CT molecular complexity index is 583. The molecule has 0 aliphatic carbocycles. The Morgan fingerprint density at radius 1 is 1.56 bits per heavy atom. The van der Waals surface area contributed by atoms with Crippen molar-refractivity contribution in [2.75, 3.05) is 5.32 Å². The highest BCUT2D eigenvalue weighted by Crippen LogP contribution is 2.15. The lowest BCUT2D eigenvalue weighted by atomic mass is 10.2. The second-order valence-corrected chi connectivity index (χ2v) is 3.58. The van der Waals surface area contributed by atoms with Crippen molar-refractivity contribution in [1.29, 1.82) is 0 Å². The van der Waals surface area contributed by atoms with Gasteiger partial charge in [-0.2, -0.15) is 4.98 Å². The van der Waals surface area contributed by atoms with Crippen molar-refractivity contribution < 1.29 is 18.8 Å². The summed E-state index contributed by atoms with van der Waals surface area (Å²) in [5.74, 6) is -1.21. The van der Waals surface area contributed by atoms with Gasteiger partial charge in [-0.3, -0.25) is 0 Å². The van der Waals surface area contributed by atoms with Gasteiger partial charge >= 0.3 is 5.97 Å². The van der Waals surface area contributed by atoms with Gasteiger partial charge in [-0.15, -0.1) is 0 Å². The summed E-state index contributed by atoms with van der Waals surface area (Å²) in [6.07, 6.45) is 0. The molecule has 0 spiro atoms. The molecule has 0 atom stereocenters. The van der Waals surface area contributed by atoms with Crippen LogP contribution in [0.2, 0.25) is 0 Å². The average molecular weight is 251 g/mol. The molecule has 0 aliphatic rings. The smallest absolute Gasteiger partial charge is 0.338 e. The summed E-state index contributed by atoms with van der Waals surface area (Å²) in [7, 11) is 0. The summed E-state index contributed by atoms with van der Waals surface area (Å²) in [5, 5.41) is 15.2. The number of hydrogen-bond donors (Lipinski definition) is 2. The van der Waals surface area contributed by atoms with E-state index in [1.807, 2.05) is 0 Å². The Morgan fingerprint density at radius 3 is 2.89 bits per heavy atom. The molecule has 2 rings (SSSR count). The van der Waals surface area contributed by atoms with Crippen LogP contribution in [0.4, 0.5) is 10.1 Å². The van der Waals surface area contributed by atoms with Crippen molar-refractivity contribution in [2.45, 2.75) is 13.5 Å². The van der Waals surface area contributed by atoms with Crippen LogP contribution >= 0.6 is 0 Å². The minimum atomic E-state index is -1.30. The summed E-state index contributed by atoms with van der Waals surface area (Å²) in [4.78, 5) is 14.6. The third-order valence-corrected chi connectivity index (χ3v) is 2.22. The third-order valence-electron chi connectivity index (χ3n) is 2.22. The van der Waals surface area contributed by atoms with Crippen LogP contribution in [0.1, 0.15) is 22.1 Å². The van der Waals surface area contributed by atoms with E-state index in [2.05, 4.69) is 15.5 Å². The molecule has 0 bridgehead atoms. The van der Waals surface area contributed by atoms with Gasteiger partial charge in [0.15, 0.2) is 5.82 Å². The van der Waals surface area contributed by atoms with Crippen LogP contribution < -0.4 is 5.32 Å². The zero-order valence-electron chi connectivity index (χ0n) is 9.48. The van der Waals surface area contributed by atoms with E-state index >= 15 is 0 Å². The Hall–Kier alpha value is -2.44. The molecule has 6 nitrogen and oxygen atoms in total. The van der Waals surface area contributed by atoms with Crippen molar-refractivity contribution in [1.82, 2.24) is 10.1 Å². The number of aromatic carboxylic acids is 1. The molecule has 0 aliphatic heterocycles. The Balaban J connectivity index is 2.06. The largest absolute Gasteiger partial charge is 0.478 e. The minimum absolute atomic E-state index is 0.267. The molecule has 0 saturated carbocycles. The number of aryl methyl sites for hydroxylation is 1. The van der Waals surface area contributed by atoms with Crippen LogP contribution in [-0.2, 0) is 6.54 Å². The molecule has 0 saturated heterocycles. The SMILES string of the molecule is Cc1nc(CNc2ccc(C(=O)O)c(F)c2)no1. The summed E-state index contributed by atoms with van der Waals surface area (Å²) >= 11 is 0. The maximum absolute atomic E-state index is 13.4. The van der Waals surface area contributed by atoms with E-state index in [1.54, 1.807) is 6.92 Å². The second-order valence-electron chi connectivity index (χ2n) is 3.58. The first-order valence-electron chi connectivity index (χ1n) is 5.12. The fraction of sp³-hybridized carbons (Fsp3) is 0.182. The minimum Gasteiger partial charge on any atom is -0.478 e. The first-order chi connectivity index (χ1) is 8.56. The van der Waals surface area contributed by atoms with Crippen molar-refractivity contribution in [3.63, 3.8) is 0 Å². The van der Waals surface area contributed by atoms with Gasteiger partial charge in [-0.05, 0) is 18.2 Å². The molecule has 18 heavy (non-hydrogen) atoms. The molecule has 1 aromatic carbocycles. The lowest BCUT2D eigenvalue weighted by molar-refractivity contribution is 0.0692. The molecule has 1 heterocycles. The van der Waals surface area contributed by atoms with Gasteiger partial charge in [-0.1, -0.05) is 5.16 Å². The Morgan fingerprint density at radius 2 is 2.33 bits per heavy atom. The van der Waals surface area contributed by atoms with Gasteiger partial charge in [0.2, 0.25) is 5.89 Å². The van der Waals surface area contributed by atoms with E-state index in [-0.39, 0.29) is 12.1 Å². The van der Waals surface area contributed by atoms with Crippen molar-refractivity contribution >= 4 is 11.7 Å². The van der Waals surface area contributed by atoms with E-state index in [0.29, 0.717) is 17.4 Å². The fourth-order valence-corrected chi connectivity index (χ4v) is 1.39. The number of aromatic nitrogens is 2. The van der Waals surface area contributed by atoms with E-state index in [4.69, 9.17) is 9.63 Å². The predicted octanol–water partition coefficient (Wildman–Crippen LogP) is 1.83. The van der Waals surface area contributed by atoms with Crippen LogP contribution in [0.3, 0.4) is 0 Å². The number of nitrogens with zero attached hydrogens (tertiary/aromatic N) is 2. The van der Waals surface area contributed by atoms with E-state index in [9.17, 15) is 9.18 Å². The van der Waals surface area contributed by atoms with Gasteiger partial charge in [0.25, 0.3) is 0 Å². The van der Waals surface area contributed by atoms with Crippen molar-refractivity contribution in [3.05, 3.63) is 41.3 Å². The highest BCUT2D eigenvalue weighted by atomic mass is 19.1. The van der Waals surface area contributed by atoms with Gasteiger partial charge in [0.1, 0.15) is 5.82 Å². The standard InChI is InChI=1S/C11H10FN3O3/c1-6-14-10(15-18-6)5-13-7-2-3-8(11(16)17)9(12)4-7/h2-4,13H,5H2,1H3,(H,16,17). The third kappa shape index (κ3) is 2.62. The number of carbonyl (C=O) groups is 1. The number of benzene rings is 1. The van der Waals surface area contributed by atoms with Gasteiger partial charge in [-0.25, -0.2) is 9.18 Å².